The number of carbonyl (C=O) groups excluding carboxylic acids is 1. The van der Waals surface area contributed by atoms with Gasteiger partial charge in [-0.05, 0) is 42.8 Å². The Labute approximate surface area is 155 Å². The summed E-state index contributed by atoms with van der Waals surface area (Å²) in [5.74, 6) is -0.790. The van der Waals surface area contributed by atoms with Crippen LogP contribution in [0.2, 0.25) is 0 Å². The van der Waals surface area contributed by atoms with E-state index in [1.54, 1.807) is 29.0 Å². The average Bonchev–Trinajstić information content (AvgIpc) is 2.91. The standard InChI is InChI=1S/C20H21F2N3O2/c1-23-7-2-8-24(20(23)27)11-15(26)12-25-18-5-3-13(21)9-16(18)17-10-14(22)4-6-19(17)25/h3-6,9-10,15,26H,2,7-8,11-12H2,1H3. The molecule has 1 aliphatic heterocycles. The topological polar surface area (TPSA) is 48.7 Å². The molecule has 1 aromatic heterocycles. The first-order valence-corrected chi connectivity index (χ1v) is 8.99. The van der Waals surface area contributed by atoms with E-state index >= 15 is 0 Å². The number of aliphatic hydroxyl groups is 1. The van der Waals surface area contributed by atoms with E-state index in [2.05, 4.69) is 0 Å². The molecule has 2 heterocycles. The summed E-state index contributed by atoms with van der Waals surface area (Å²) >= 11 is 0. The molecule has 142 valence electrons. The first kappa shape index (κ1) is 17.7. The number of carbonyl (C=O) groups is 1. The van der Waals surface area contributed by atoms with Gasteiger partial charge in [-0.25, -0.2) is 13.6 Å². The van der Waals surface area contributed by atoms with E-state index in [0.29, 0.717) is 17.3 Å². The van der Waals surface area contributed by atoms with Gasteiger partial charge in [0.2, 0.25) is 0 Å². The van der Waals surface area contributed by atoms with Gasteiger partial charge in [0.25, 0.3) is 0 Å². The third kappa shape index (κ3) is 3.23. The molecule has 0 spiro atoms. The van der Waals surface area contributed by atoms with E-state index in [1.807, 2.05) is 4.57 Å². The summed E-state index contributed by atoms with van der Waals surface area (Å²) in [6.07, 6.45) is 0.0671. The van der Waals surface area contributed by atoms with Crippen LogP contribution >= 0.6 is 0 Å². The Morgan fingerprint density at radius 2 is 1.59 bits per heavy atom. The van der Waals surface area contributed by atoms with Crippen LogP contribution in [0.4, 0.5) is 13.6 Å². The normalized spacial score (nSPS) is 16.5. The van der Waals surface area contributed by atoms with Gasteiger partial charge in [0.05, 0.1) is 19.2 Å². The fourth-order valence-corrected chi connectivity index (χ4v) is 3.87. The summed E-state index contributed by atoms with van der Waals surface area (Å²) in [4.78, 5) is 15.5. The highest BCUT2D eigenvalue weighted by Crippen LogP contribution is 2.30. The van der Waals surface area contributed by atoms with Gasteiger partial charge in [0.15, 0.2) is 0 Å². The van der Waals surface area contributed by atoms with E-state index in [4.69, 9.17) is 0 Å². The average molecular weight is 373 g/mol. The zero-order valence-electron chi connectivity index (χ0n) is 15.0. The van der Waals surface area contributed by atoms with E-state index in [1.165, 1.54) is 24.3 Å². The lowest BCUT2D eigenvalue weighted by atomic mass is 10.1. The molecule has 0 saturated carbocycles. The predicted molar refractivity (Wildman–Crippen MR) is 99.6 cm³/mol. The van der Waals surface area contributed by atoms with Crippen LogP contribution in [0.3, 0.4) is 0 Å². The summed E-state index contributed by atoms with van der Waals surface area (Å²) in [6, 6.07) is 8.63. The number of rotatable bonds is 4. The van der Waals surface area contributed by atoms with Crippen LogP contribution in [0.25, 0.3) is 21.8 Å². The molecule has 2 amide bonds. The molecule has 1 unspecified atom stereocenters. The fourth-order valence-electron chi connectivity index (χ4n) is 3.87. The minimum atomic E-state index is -0.797. The number of aromatic nitrogens is 1. The van der Waals surface area contributed by atoms with Crippen LogP contribution in [0.5, 0.6) is 0 Å². The maximum absolute atomic E-state index is 13.7. The number of hydrogen-bond acceptors (Lipinski definition) is 2. The fraction of sp³-hybridized carbons (Fsp3) is 0.350. The van der Waals surface area contributed by atoms with Crippen molar-refractivity contribution in [3.63, 3.8) is 0 Å². The van der Waals surface area contributed by atoms with Gasteiger partial charge in [-0.3, -0.25) is 0 Å². The summed E-state index contributed by atoms with van der Waals surface area (Å²) in [7, 11) is 1.75. The van der Waals surface area contributed by atoms with Gasteiger partial charge in [0.1, 0.15) is 11.6 Å². The Hall–Kier alpha value is -2.67. The number of benzene rings is 2. The molecule has 27 heavy (non-hydrogen) atoms. The van der Waals surface area contributed by atoms with Gasteiger partial charge in [-0.1, -0.05) is 0 Å². The number of aliphatic hydroxyl groups excluding tert-OH is 1. The maximum atomic E-state index is 13.7. The molecule has 5 nitrogen and oxygen atoms in total. The summed E-state index contributed by atoms with van der Waals surface area (Å²) in [5.41, 5.74) is 1.44. The predicted octanol–water partition coefficient (Wildman–Crippen LogP) is 3.19. The lowest BCUT2D eigenvalue weighted by Gasteiger charge is -2.34. The first-order valence-electron chi connectivity index (χ1n) is 8.99. The minimum Gasteiger partial charge on any atom is -0.389 e. The van der Waals surface area contributed by atoms with Crippen molar-refractivity contribution >= 4 is 27.8 Å². The number of hydrogen-bond donors (Lipinski definition) is 1. The number of urea groups is 1. The zero-order chi connectivity index (χ0) is 19.1. The van der Waals surface area contributed by atoms with Crippen LogP contribution in [0.1, 0.15) is 6.42 Å². The van der Waals surface area contributed by atoms with Gasteiger partial charge < -0.3 is 19.5 Å². The lowest BCUT2D eigenvalue weighted by molar-refractivity contribution is 0.0847. The Morgan fingerprint density at radius 3 is 2.19 bits per heavy atom. The van der Waals surface area contributed by atoms with E-state index < -0.39 is 17.7 Å². The third-order valence-electron chi connectivity index (χ3n) is 5.13. The number of β-amino-alcohol motifs (C(OH)–C–C–N with tert-alkyl or cyclic N) is 1. The maximum Gasteiger partial charge on any atom is 0.319 e. The molecule has 1 saturated heterocycles. The third-order valence-corrected chi connectivity index (χ3v) is 5.13. The second-order valence-electron chi connectivity index (χ2n) is 7.09. The Morgan fingerprint density at radius 1 is 1.00 bits per heavy atom. The van der Waals surface area contributed by atoms with E-state index in [9.17, 15) is 18.7 Å². The van der Waals surface area contributed by atoms with Crippen LogP contribution in [0, 0.1) is 11.6 Å². The Bertz CT molecular complexity index is 958. The van der Waals surface area contributed by atoms with Gasteiger partial charge in [-0.15, -0.1) is 0 Å². The molecule has 1 atom stereocenters. The number of nitrogens with zero attached hydrogens (tertiary/aromatic N) is 3. The quantitative estimate of drug-likeness (QED) is 0.764. The monoisotopic (exact) mass is 373 g/mol. The molecule has 0 bridgehead atoms. The summed E-state index contributed by atoms with van der Waals surface area (Å²) in [5, 5.41) is 11.8. The molecular weight excluding hydrogens is 352 g/mol. The van der Waals surface area contributed by atoms with Crippen molar-refractivity contribution in [1.82, 2.24) is 14.4 Å². The highest BCUT2D eigenvalue weighted by Gasteiger charge is 2.25. The smallest absolute Gasteiger partial charge is 0.319 e. The molecule has 3 aromatic rings. The Kier molecular flexibility index (Phi) is 4.47. The minimum absolute atomic E-state index is 0.0911. The second-order valence-corrected chi connectivity index (χ2v) is 7.09. The van der Waals surface area contributed by atoms with Gasteiger partial charge in [0, 0.05) is 41.9 Å². The van der Waals surface area contributed by atoms with Crippen LogP contribution in [-0.4, -0.2) is 58.3 Å². The highest BCUT2D eigenvalue weighted by molar-refractivity contribution is 6.08. The molecule has 1 fully saturated rings. The van der Waals surface area contributed by atoms with E-state index in [-0.39, 0.29) is 19.1 Å². The molecule has 0 radical (unpaired) electrons. The number of amides is 2. The molecular formula is C20H21F2N3O2. The van der Waals surface area contributed by atoms with Crippen molar-refractivity contribution in [3.8, 4) is 0 Å². The summed E-state index contributed by atoms with van der Waals surface area (Å²) < 4.78 is 29.3. The van der Waals surface area contributed by atoms with Crippen molar-refractivity contribution in [3.05, 3.63) is 48.0 Å². The SMILES string of the molecule is CN1CCCN(CC(O)Cn2c3ccc(F)cc3c3cc(F)ccc32)C1=O. The molecule has 1 N–H and O–H groups in total. The van der Waals surface area contributed by atoms with Crippen molar-refractivity contribution in [2.24, 2.45) is 0 Å². The van der Waals surface area contributed by atoms with Crippen molar-refractivity contribution in [2.45, 2.75) is 19.1 Å². The molecule has 0 aliphatic carbocycles. The highest BCUT2D eigenvalue weighted by atomic mass is 19.1. The van der Waals surface area contributed by atoms with Crippen LogP contribution in [0.15, 0.2) is 36.4 Å². The number of fused-ring (bicyclic) bond motifs is 3. The largest absolute Gasteiger partial charge is 0.389 e. The molecule has 4 rings (SSSR count). The molecule has 2 aromatic carbocycles. The van der Waals surface area contributed by atoms with E-state index in [0.717, 1.165) is 24.0 Å². The molecule has 1 aliphatic rings. The van der Waals surface area contributed by atoms with Gasteiger partial charge >= 0.3 is 6.03 Å². The Balaban J connectivity index is 1.67. The van der Waals surface area contributed by atoms with Crippen molar-refractivity contribution < 1.29 is 18.7 Å². The zero-order valence-corrected chi connectivity index (χ0v) is 15.0. The lowest BCUT2D eigenvalue weighted by Crippen LogP contribution is -2.50. The van der Waals surface area contributed by atoms with Crippen LogP contribution in [-0.2, 0) is 6.54 Å². The first-order chi connectivity index (χ1) is 12.9. The van der Waals surface area contributed by atoms with Gasteiger partial charge in [-0.2, -0.15) is 0 Å². The number of halogens is 2. The van der Waals surface area contributed by atoms with Crippen LogP contribution < -0.4 is 0 Å². The molecule has 7 heteroatoms. The second kappa shape index (κ2) is 6.81. The van der Waals surface area contributed by atoms with Crippen molar-refractivity contribution in [2.75, 3.05) is 26.7 Å². The summed E-state index contributed by atoms with van der Waals surface area (Å²) in [6.45, 7) is 1.77. The van der Waals surface area contributed by atoms with Crippen molar-refractivity contribution in [1.29, 1.82) is 0 Å².